The molecule has 0 aliphatic rings. The lowest BCUT2D eigenvalue weighted by Crippen LogP contribution is -2.56. The molecule has 0 unspecified atom stereocenters. The first kappa shape index (κ1) is 13.2. The maximum atomic E-state index is 10.6. The van der Waals surface area contributed by atoms with Crippen LogP contribution in [0.2, 0.25) is 0 Å². The monoisotopic (exact) mass is 235 g/mol. The number of carbonyl (C=O) groups is 2. The zero-order chi connectivity index (χ0) is 12.8. The minimum Gasteiger partial charge on any atom is -0.548 e. The predicted molar refractivity (Wildman–Crippen MR) is 56.6 cm³/mol. The average Bonchev–Trinajstić information content (AvgIpc) is 2.27. The van der Waals surface area contributed by atoms with E-state index >= 15 is 0 Å². The molecular weight excluding hydrogens is 222 g/mol. The smallest absolute Gasteiger partial charge is 0.0893 e. The summed E-state index contributed by atoms with van der Waals surface area (Å²) in [4.78, 5) is 22.4. The van der Waals surface area contributed by atoms with Crippen molar-refractivity contribution in [1.29, 1.82) is 0 Å². The fraction of sp³-hybridized carbons (Fsp3) is 0.333. The first-order valence-electron chi connectivity index (χ1n) is 5.18. The van der Waals surface area contributed by atoms with Crippen LogP contribution in [0, 0.1) is 0 Å². The Morgan fingerprint density at radius 2 is 1.71 bits per heavy atom. The fourth-order valence-corrected chi connectivity index (χ4v) is 1.54. The van der Waals surface area contributed by atoms with Gasteiger partial charge in [-0.15, -0.1) is 0 Å². The lowest BCUT2D eigenvalue weighted by atomic mass is 10.1. The number of aliphatic carboxylic acids is 2. The van der Waals surface area contributed by atoms with Gasteiger partial charge in [-0.05, 0) is 19.0 Å². The Labute approximate surface area is 99.3 Å². The normalized spacial score (nSPS) is 10.8. The van der Waals surface area contributed by atoms with E-state index in [2.05, 4.69) is 0 Å². The van der Waals surface area contributed by atoms with E-state index < -0.39 is 18.0 Å². The van der Waals surface area contributed by atoms with E-state index in [0.717, 1.165) is 5.56 Å². The highest BCUT2D eigenvalue weighted by Crippen LogP contribution is 2.02. The van der Waals surface area contributed by atoms with Crippen molar-refractivity contribution in [3.05, 3.63) is 35.9 Å². The van der Waals surface area contributed by atoms with Crippen molar-refractivity contribution in [3.8, 4) is 0 Å². The summed E-state index contributed by atoms with van der Waals surface area (Å²) in [6.07, 6.45) is 0.564. The molecule has 0 fully saturated rings. The van der Waals surface area contributed by atoms with Crippen molar-refractivity contribution in [2.45, 2.75) is 12.5 Å². The standard InChI is InChI=1S/C12H15NO4/c1-13(10(11(14)15)12(16)17)8-7-9-5-3-2-4-6-9/h2-6,10H,7-8H2,1H3,(H,14,15)(H,16,17)/p-2. The minimum atomic E-state index is -1.71. The van der Waals surface area contributed by atoms with Gasteiger partial charge in [0.15, 0.2) is 0 Å². The van der Waals surface area contributed by atoms with Crippen molar-refractivity contribution < 1.29 is 19.8 Å². The van der Waals surface area contributed by atoms with Crippen LogP contribution in [0.3, 0.4) is 0 Å². The quantitative estimate of drug-likeness (QED) is 0.534. The summed E-state index contributed by atoms with van der Waals surface area (Å²) >= 11 is 0. The van der Waals surface area contributed by atoms with Gasteiger partial charge in [0.1, 0.15) is 0 Å². The van der Waals surface area contributed by atoms with Crippen molar-refractivity contribution in [2.75, 3.05) is 13.6 Å². The van der Waals surface area contributed by atoms with E-state index in [9.17, 15) is 19.8 Å². The number of benzene rings is 1. The van der Waals surface area contributed by atoms with E-state index in [1.807, 2.05) is 30.3 Å². The third-order valence-corrected chi connectivity index (χ3v) is 2.48. The molecule has 0 radical (unpaired) electrons. The highest BCUT2D eigenvalue weighted by atomic mass is 16.4. The number of hydrogen-bond donors (Lipinski definition) is 0. The summed E-state index contributed by atoms with van der Waals surface area (Å²) in [5.74, 6) is -3.30. The van der Waals surface area contributed by atoms with Crippen molar-refractivity contribution in [3.63, 3.8) is 0 Å². The Bertz CT molecular complexity index is 377. The van der Waals surface area contributed by atoms with Gasteiger partial charge in [-0.1, -0.05) is 30.3 Å². The minimum absolute atomic E-state index is 0.302. The molecule has 1 aromatic rings. The summed E-state index contributed by atoms with van der Waals surface area (Å²) in [5, 5.41) is 21.2. The molecule has 5 nitrogen and oxygen atoms in total. The number of nitrogens with zero attached hydrogens (tertiary/aromatic N) is 1. The van der Waals surface area contributed by atoms with Crippen LogP contribution in [0.1, 0.15) is 5.56 Å². The van der Waals surface area contributed by atoms with Crippen molar-refractivity contribution >= 4 is 11.9 Å². The SMILES string of the molecule is CN(CCc1ccccc1)C(C(=O)[O-])C(=O)[O-]. The number of carboxylic acid groups (broad SMARTS) is 2. The zero-order valence-electron chi connectivity index (χ0n) is 9.46. The van der Waals surface area contributed by atoms with Crippen LogP contribution < -0.4 is 10.2 Å². The molecule has 0 aromatic heterocycles. The first-order chi connectivity index (χ1) is 8.02. The van der Waals surface area contributed by atoms with E-state index in [1.54, 1.807) is 0 Å². The fourth-order valence-electron chi connectivity index (χ4n) is 1.54. The Morgan fingerprint density at radius 3 is 2.18 bits per heavy atom. The summed E-state index contributed by atoms with van der Waals surface area (Å²) in [6.45, 7) is 0.302. The third-order valence-electron chi connectivity index (χ3n) is 2.48. The van der Waals surface area contributed by atoms with Gasteiger partial charge in [-0.25, -0.2) is 0 Å². The summed E-state index contributed by atoms with van der Waals surface area (Å²) in [6, 6.07) is 7.67. The summed E-state index contributed by atoms with van der Waals surface area (Å²) in [7, 11) is 1.42. The molecule has 0 aliphatic carbocycles. The van der Waals surface area contributed by atoms with Gasteiger partial charge in [-0.3, -0.25) is 4.90 Å². The number of likely N-dealkylation sites (N-methyl/N-ethyl adjacent to an activating group) is 1. The van der Waals surface area contributed by atoms with Gasteiger partial charge in [-0.2, -0.15) is 0 Å². The van der Waals surface area contributed by atoms with Crippen molar-refractivity contribution in [2.24, 2.45) is 0 Å². The average molecular weight is 235 g/mol. The molecule has 1 rings (SSSR count). The number of hydrogen-bond acceptors (Lipinski definition) is 5. The van der Waals surface area contributed by atoms with E-state index in [1.165, 1.54) is 11.9 Å². The zero-order valence-corrected chi connectivity index (χ0v) is 9.46. The van der Waals surface area contributed by atoms with Crippen LogP contribution >= 0.6 is 0 Å². The predicted octanol–water partition coefficient (Wildman–Crippen LogP) is -1.97. The van der Waals surface area contributed by atoms with Gasteiger partial charge in [0.05, 0.1) is 18.0 Å². The molecule has 92 valence electrons. The van der Waals surface area contributed by atoms with Gasteiger partial charge in [0.25, 0.3) is 0 Å². The maximum absolute atomic E-state index is 10.6. The molecule has 0 N–H and O–H groups in total. The molecule has 0 bridgehead atoms. The van der Waals surface area contributed by atoms with Gasteiger partial charge < -0.3 is 19.8 Å². The number of carboxylic acids is 2. The molecule has 0 heterocycles. The Hall–Kier alpha value is -1.88. The van der Waals surface area contributed by atoms with Gasteiger partial charge >= 0.3 is 0 Å². The molecule has 0 saturated carbocycles. The van der Waals surface area contributed by atoms with Crippen LogP contribution in [0.4, 0.5) is 0 Å². The molecule has 0 aliphatic heterocycles. The highest BCUT2D eigenvalue weighted by molar-refractivity contribution is 5.95. The molecular formula is C12H13NO4-2. The number of carbonyl (C=O) groups excluding carboxylic acids is 2. The van der Waals surface area contributed by atoms with E-state index in [0.29, 0.717) is 13.0 Å². The molecule has 1 aromatic carbocycles. The summed E-state index contributed by atoms with van der Waals surface area (Å²) in [5.41, 5.74) is 1.01. The molecule has 0 spiro atoms. The van der Waals surface area contributed by atoms with Crippen LogP contribution in [0.15, 0.2) is 30.3 Å². The second-order valence-corrected chi connectivity index (χ2v) is 3.76. The Morgan fingerprint density at radius 1 is 1.18 bits per heavy atom. The lowest BCUT2D eigenvalue weighted by molar-refractivity contribution is -0.331. The van der Waals surface area contributed by atoms with Crippen LogP contribution in [-0.4, -0.2) is 36.5 Å². The third kappa shape index (κ3) is 3.88. The Kier molecular flexibility index (Phi) is 4.66. The summed E-state index contributed by atoms with van der Waals surface area (Å²) < 4.78 is 0. The topological polar surface area (TPSA) is 83.5 Å². The van der Waals surface area contributed by atoms with E-state index in [-0.39, 0.29) is 0 Å². The van der Waals surface area contributed by atoms with Gasteiger partial charge in [0, 0.05) is 6.54 Å². The van der Waals surface area contributed by atoms with E-state index in [4.69, 9.17) is 0 Å². The molecule has 0 atom stereocenters. The van der Waals surface area contributed by atoms with Gasteiger partial charge in [0.2, 0.25) is 0 Å². The Balaban J connectivity index is 2.56. The first-order valence-corrected chi connectivity index (χ1v) is 5.18. The lowest BCUT2D eigenvalue weighted by Gasteiger charge is -2.29. The molecule has 0 amide bonds. The number of rotatable bonds is 6. The molecule has 0 saturated heterocycles. The molecule has 5 heteroatoms. The maximum Gasteiger partial charge on any atom is 0.0893 e. The van der Waals surface area contributed by atoms with Crippen LogP contribution in [0.25, 0.3) is 0 Å². The highest BCUT2D eigenvalue weighted by Gasteiger charge is 2.16. The second-order valence-electron chi connectivity index (χ2n) is 3.76. The molecule has 17 heavy (non-hydrogen) atoms. The van der Waals surface area contributed by atoms with Crippen molar-refractivity contribution in [1.82, 2.24) is 4.90 Å². The van der Waals surface area contributed by atoms with Crippen LogP contribution in [0.5, 0.6) is 0 Å². The second kappa shape index (κ2) is 6.00. The van der Waals surface area contributed by atoms with Crippen LogP contribution in [-0.2, 0) is 16.0 Å². The largest absolute Gasteiger partial charge is 0.548 e.